The van der Waals surface area contributed by atoms with Crippen LogP contribution in [0.5, 0.6) is 0 Å². The van der Waals surface area contributed by atoms with E-state index in [1.54, 1.807) is 6.33 Å². The Kier molecular flexibility index (Phi) is 3.14. The fourth-order valence-electron chi connectivity index (χ4n) is 2.58. The summed E-state index contributed by atoms with van der Waals surface area (Å²) in [6.07, 6.45) is 1.63. The highest BCUT2D eigenvalue weighted by molar-refractivity contribution is 5.88. The molecule has 2 N–H and O–H groups in total. The number of amides is 1. The maximum atomic E-state index is 12.4. The van der Waals surface area contributed by atoms with Crippen LogP contribution in [0.4, 0.5) is 5.69 Å². The van der Waals surface area contributed by atoms with Gasteiger partial charge in [-0.15, -0.1) is 10.2 Å². The van der Waals surface area contributed by atoms with Crippen LogP contribution in [0.1, 0.15) is 30.3 Å². The number of benzene rings is 1. The molecule has 1 aliphatic rings. The monoisotopic (exact) mass is 271 g/mol. The van der Waals surface area contributed by atoms with E-state index >= 15 is 0 Å². The molecule has 1 amide bonds. The highest BCUT2D eigenvalue weighted by Crippen LogP contribution is 2.31. The smallest absolute Gasteiger partial charge is 0.229 e. The van der Waals surface area contributed by atoms with Crippen LogP contribution in [0.15, 0.2) is 30.6 Å². The van der Waals surface area contributed by atoms with E-state index in [0.29, 0.717) is 6.54 Å². The first kappa shape index (κ1) is 12.7. The van der Waals surface area contributed by atoms with Crippen molar-refractivity contribution in [2.75, 3.05) is 11.9 Å². The predicted octanol–water partition coefficient (Wildman–Crippen LogP) is 1.20. The normalized spacial score (nSPS) is 18.2. The molecule has 0 spiro atoms. The molecule has 1 aliphatic heterocycles. The van der Waals surface area contributed by atoms with Crippen LogP contribution in [0.2, 0.25) is 0 Å². The minimum atomic E-state index is -0.164. The summed E-state index contributed by atoms with van der Waals surface area (Å²) in [5.74, 6) is 0.609. The molecule has 1 aromatic carbocycles. The topological polar surface area (TPSA) is 71.8 Å². The largest absolute Gasteiger partial charge is 0.384 e. The van der Waals surface area contributed by atoms with Crippen LogP contribution in [0, 0.1) is 0 Å². The number of hydrogen-bond donors (Lipinski definition) is 2. The standard InChI is InChI=1S/C14H17N5O/c1-9(13-18-16-8-19(13)2)17-14(20)11-7-15-12-6-4-3-5-10(11)12/h3-6,8-9,11,15H,7H2,1-2H3,(H,17,20). The molecule has 0 saturated carbocycles. The van der Waals surface area contributed by atoms with E-state index in [9.17, 15) is 4.79 Å². The first-order valence-electron chi connectivity index (χ1n) is 6.64. The third kappa shape index (κ3) is 2.13. The third-order valence-corrected chi connectivity index (χ3v) is 3.64. The molecule has 2 unspecified atom stereocenters. The molecule has 3 rings (SSSR count). The van der Waals surface area contributed by atoms with Gasteiger partial charge < -0.3 is 15.2 Å². The second-order valence-electron chi connectivity index (χ2n) is 5.05. The highest BCUT2D eigenvalue weighted by Gasteiger charge is 2.29. The Morgan fingerprint density at radius 3 is 3.05 bits per heavy atom. The lowest BCUT2D eigenvalue weighted by atomic mass is 10.0. The first-order chi connectivity index (χ1) is 9.66. The van der Waals surface area contributed by atoms with Crippen molar-refractivity contribution in [3.8, 4) is 0 Å². The summed E-state index contributed by atoms with van der Waals surface area (Å²) in [7, 11) is 1.87. The zero-order valence-electron chi connectivity index (χ0n) is 11.5. The fourth-order valence-corrected chi connectivity index (χ4v) is 2.58. The molecule has 0 aliphatic carbocycles. The molecular weight excluding hydrogens is 254 g/mol. The van der Waals surface area contributed by atoms with Gasteiger partial charge in [0.25, 0.3) is 0 Å². The molecule has 2 aromatic rings. The van der Waals surface area contributed by atoms with E-state index in [1.165, 1.54) is 0 Å². The molecule has 6 nitrogen and oxygen atoms in total. The van der Waals surface area contributed by atoms with Gasteiger partial charge in [-0.05, 0) is 18.6 Å². The fraction of sp³-hybridized carbons (Fsp3) is 0.357. The molecule has 1 aromatic heterocycles. The molecular formula is C14H17N5O. The Bertz CT molecular complexity index is 636. The van der Waals surface area contributed by atoms with Crippen molar-refractivity contribution in [1.29, 1.82) is 0 Å². The lowest BCUT2D eigenvalue weighted by molar-refractivity contribution is -0.122. The van der Waals surface area contributed by atoms with Crippen LogP contribution in [0.25, 0.3) is 0 Å². The quantitative estimate of drug-likeness (QED) is 0.880. The minimum absolute atomic E-state index is 0.0120. The summed E-state index contributed by atoms with van der Waals surface area (Å²) < 4.78 is 1.81. The summed E-state index contributed by atoms with van der Waals surface area (Å²) in [6, 6.07) is 7.75. The van der Waals surface area contributed by atoms with Crippen molar-refractivity contribution < 1.29 is 4.79 Å². The molecule has 0 fully saturated rings. The average Bonchev–Trinajstić information content (AvgIpc) is 3.04. The van der Waals surface area contributed by atoms with E-state index in [2.05, 4.69) is 20.8 Å². The highest BCUT2D eigenvalue weighted by atomic mass is 16.2. The molecule has 0 saturated heterocycles. The van der Waals surface area contributed by atoms with Crippen molar-refractivity contribution in [3.63, 3.8) is 0 Å². The second kappa shape index (κ2) is 4.96. The van der Waals surface area contributed by atoms with Gasteiger partial charge in [0.1, 0.15) is 6.33 Å². The number of fused-ring (bicyclic) bond motifs is 1. The van der Waals surface area contributed by atoms with Gasteiger partial charge in [0.05, 0.1) is 12.0 Å². The second-order valence-corrected chi connectivity index (χ2v) is 5.05. The number of rotatable bonds is 3. The maximum absolute atomic E-state index is 12.4. The van der Waals surface area contributed by atoms with Crippen molar-refractivity contribution in [1.82, 2.24) is 20.1 Å². The number of para-hydroxylation sites is 1. The zero-order chi connectivity index (χ0) is 14.1. The number of aromatic nitrogens is 3. The molecule has 2 atom stereocenters. The Balaban J connectivity index is 1.74. The molecule has 2 heterocycles. The van der Waals surface area contributed by atoms with Gasteiger partial charge in [-0.1, -0.05) is 18.2 Å². The molecule has 0 radical (unpaired) electrons. The molecule has 0 bridgehead atoms. The summed E-state index contributed by atoms with van der Waals surface area (Å²) in [4.78, 5) is 12.4. The van der Waals surface area contributed by atoms with Crippen LogP contribution in [0.3, 0.4) is 0 Å². The summed E-state index contributed by atoms with van der Waals surface area (Å²) >= 11 is 0. The van der Waals surface area contributed by atoms with Gasteiger partial charge in [-0.2, -0.15) is 0 Å². The van der Waals surface area contributed by atoms with Gasteiger partial charge in [0.15, 0.2) is 5.82 Å². The number of carbonyl (C=O) groups is 1. The van der Waals surface area contributed by atoms with Crippen LogP contribution in [-0.2, 0) is 11.8 Å². The third-order valence-electron chi connectivity index (χ3n) is 3.64. The Hall–Kier alpha value is -2.37. The SMILES string of the molecule is CC(NC(=O)C1CNc2ccccc21)c1nncn1C. The summed E-state index contributed by atoms with van der Waals surface area (Å²) in [6.45, 7) is 2.55. The van der Waals surface area contributed by atoms with E-state index in [1.807, 2.05) is 42.8 Å². The number of carbonyl (C=O) groups excluding carboxylic acids is 1. The number of nitrogens with one attached hydrogen (secondary N) is 2. The van der Waals surface area contributed by atoms with E-state index in [4.69, 9.17) is 0 Å². The summed E-state index contributed by atoms with van der Waals surface area (Å²) in [5.41, 5.74) is 2.09. The summed E-state index contributed by atoms with van der Waals surface area (Å²) in [5, 5.41) is 14.1. The Labute approximate surface area is 117 Å². The molecule has 20 heavy (non-hydrogen) atoms. The minimum Gasteiger partial charge on any atom is -0.384 e. The lowest BCUT2D eigenvalue weighted by Gasteiger charge is -2.16. The van der Waals surface area contributed by atoms with E-state index < -0.39 is 0 Å². The zero-order valence-corrected chi connectivity index (χ0v) is 11.5. The number of aryl methyl sites for hydroxylation is 1. The lowest BCUT2D eigenvalue weighted by Crippen LogP contribution is -2.33. The van der Waals surface area contributed by atoms with Gasteiger partial charge >= 0.3 is 0 Å². The van der Waals surface area contributed by atoms with E-state index in [-0.39, 0.29) is 17.9 Å². The number of anilines is 1. The van der Waals surface area contributed by atoms with Gasteiger partial charge in [0.2, 0.25) is 5.91 Å². The number of nitrogens with zero attached hydrogens (tertiary/aromatic N) is 3. The Morgan fingerprint density at radius 1 is 1.50 bits per heavy atom. The van der Waals surface area contributed by atoms with Crippen molar-refractivity contribution >= 4 is 11.6 Å². The van der Waals surface area contributed by atoms with Crippen molar-refractivity contribution in [2.24, 2.45) is 7.05 Å². The Morgan fingerprint density at radius 2 is 2.30 bits per heavy atom. The van der Waals surface area contributed by atoms with Gasteiger partial charge in [0, 0.05) is 19.3 Å². The van der Waals surface area contributed by atoms with Crippen molar-refractivity contribution in [2.45, 2.75) is 18.9 Å². The molecule has 6 heteroatoms. The van der Waals surface area contributed by atoms with Crippen molar-refractivity contribution in [3.05, 3.63) is 42.0 Å². The molecule has 104 valence electrons. The predicted molar refractivity (Wildman–Crippen MR) is 75.2 cm³/mol. The van der Waals surface area contributed by atoms with Crippen LogP contribution >= 0.6 is 0 Å². The maximum Gasteiger partial charge on any atom is 0.229 e. The number of hydrogen-bond acceptors (Lipinski definition) is 4. The van der Waals surface area contributed by atoms with Crippen LogP contribution < -0.4 is 10.6 Å². The van der Waals surface area contributed by atoms with Gasteiger partial charge in [-0.25, -0.2) is 0 Å². The van der Waals surface area contributed by atoms with Gasteiger partial charge in [-0.3, -0.25) is 4.79 Å². The van der Waals surface area contributed by atoms with Crippen LogP contribution in [-0.4, -0.2) is 27.2 Å². The van der Waals surface area contributed by atoms with E-state index in [0.717, 1.165) is 17.1 Å². The first-order valence-corrected chi connectivity index (χ1v) is 6.64. The average molecular weight is 271 g/mol.